The van der Waals surface area contributed by atoms with Crippen LogP contribution in [-0.2, 0) is 17.8 Å². The summed E-state index contributed by atoms with van der Waals surface area (Å²) in [5.74, 6) is -0.442. The normalized spacial score (nSPS) is 22.5. The first-order chi connectivity index (χ1) is 13.0. The number of halogens is 2. The van der Waals surface area contributed by atoms with Crippen LogP contribution in [0.1, 0.15) is 17.5 Å². The number of carbonyl (C=O) groups is 1. The predicted octanol–water partition coefficient (Wildman–Crippen LogP) is 3.26. The van der Waals surface area contributed by atoms with Gasteiger partial charge in [0.1, 0.15) is 18.5 Å². The van der Waals surface area contributed by atoms with E-state index in [1.54, 1.807) is 18.2 Å². The van der Waals surface area contributed by atoms with Crippen LogP contribution in [0.2, 0.25) is 0 Å². The molecule has 2 aromatic carbocycles. The third kappa shape index (κ3) is 4.66. The molecule has 0 radical (unpaired) electrons. The Kier molecular flexibility index (Phi) is 6.46. The summed E-state index contributed by atoms with van der Waals surface area (Å²) in [5.41, 5.74) is 1.20. The molecule has 2 N–H and O–H groups in total. The Hall–Kier alpha value is -1.96. The van der Waals surface area contributed by atoms with Gasteiger partial charge in [0.15, 0.2) is 0 Å². The molecule has 3 rings (SSSR count). The van der Waals surface area contributed by atoms with Crippen molar-refractivity contribution in [2.75, 3.05) is 6.54 Å². The van der Waals surface area contributed by atoms with Crippen LogP contribution in [0.4, 0.5) is 9.18 Å². The third-order valence-corrected chi connectivity index (χ3v) is 5.37. The van der Waals surface area contributed by atoms with E-state index in [0.29, 0.717) is 10.0 Å². The Morgan fingerprint density at radius 1 is 1.19 bits per heavy atom. The van der Waals surface area contributed by atoms with Gasteiger partial charge in [-0.2, -0.15) is 0 Å². The number of hydrogen-bond acceptors (Lipinski definition) is 4. The van der Waals surface area contributed by atoms with Gasteiger partial charge in [0.25, 0.3) is 0 Å². The zero-order valence-electron chi connectivity index (χ0n) is 14.6. The van der Waals surface area contributed by atoms with Crippen LogP contribution in [0.5, 0.6) is 0 Å². The van der Waals surface area contributed by atoms with E-state index in [1.165, 1.54) is 4.90 Å². The summed E-state index contributed by atoms with van der Waals surface area (Å²) < 4.78 is 20.0. The summed E-state index contributed by atoms with van der Waals surface area (Å²) in [6, 6.07) is 13.3. The van der Waals surface area contributed by atoms with Crippen LogP contribution in [0.3, 0.4) is 0 Å². The van der Waals surface area contributed by atoms with Crippen LogP contribution in [-0.4, -0.2) is 46.0 Å². The second-order valence-corrected chi connectivity index (χ2v) is 7.42. The molecule has 5 nitrogen and oxygen atoms in total. The molecule has 0 saturated carbocycles. The lowest BCUT2D eigenvalue weighted by molar-refractivity contribution is -0.0716. The summed E-state index contributed by atoms with van der Waals surface area (Å²) in [6.45, 7) is 0.332. The molecule has 27 heavy (non-hydrogen) atoms. The minimum atomic E-state index is -1.18. The van der Waals surface area contributed by atoms with Crippen LogP contribution in [0.15, 0.2) is 53.0 Å². The van der Waals surface area contributed by atoms with E-state index < -0.39 is 30.2 Å². The van der Waals surface area contributed by atoms with Gasteiger partial charge in [-0.1, -0.05) is 42.5 Å². The van der Waals surface area contributed by atoms with E-state index in [2.05, 4.69) is 15.9 Å². The minimum Gasteiger partial charge on any atom is -0.445 e. The maximum atomic E-state index is 14.4. The van der Waals surface area contributed by atoms with Crippen molar-refractivity contribution in [1.82, 2.24) is 4.90 Å². The van der Waals surface area contributed by atoms with Gasteiger partial charge in [-0.15, -0.1) is 0 Å². The maximum absolute atomic E-state index is 14.4. The molecule has 3 unspecified atom stereocenters. The number of benzene rings is 2. The second kappa shape index (κ2) is 8.82. The second-order valence-electron chi connectivity index (χ2n) is 6.56. The van der Waals surface area contributed by atoms with Gasteiger partial charge in [-0.3, -0.25) is 0 Å². The fourth-order valence-electron chi connectivity index (χ4n) is 3.24. The molecular formula is C20H21BrFNO4. The van der Waals surface area contributed by atoms with Gasteiger partial charge in [-0.25, -0.2) is 9.18 Å². The number of rotatable bonds is 4. The van der Waals surface area contributed by atoms with Gasteiger partial charge >= 0.3 is 6.09 Å². The molecule has 0 aromatic heterocycles. The van der Waals surface area contributed by atoms with Crippen molar-refractivity contribution in [2.45, 2.75) is 37.7 Å². The minimum absolute atomic E-state index is 0.0734. The average Bonchev–Trinajstić information content (AvgIpc) is 2.68. The van der Waals surface area contributed by atoms with Gasteiger partial charge < -0.3 is 19.8 Å². The highest BCUT2D eigenvalue weighted by molar-refractivity contribution is 9.10. The Labute approximate surface area is 165 Å². The number of ether oxygens (including phenoxy) is 1. The number of piperidine rings is 1. The van der Waals surface area contributed by atoms with Gasteiger partial charge in [0, 0.05) is 6.54 Å². The van der Waals surface area contributed by atoms with Crippen LogP contribution < -0.4 is 0 Å². The largest absolute Gasteiger partial charge is 0.445 e. The van der Waals surface area contributed by atoms with Crippen molar-refractivity contribution in [3.05, 3.63) is 69.9 Å². The van der Waals surface area contributed by atoms with E-state index >= 15 is 0 Å². The molecule has 1 aliphatic heterocycles. The molecule has 2 aromatic rings. The first-order valence-corrected chi connectivity index (χ1v) is 9.53. The van der Waals surface area contributed by atoms with Gasteiger partial charge in [-0.05, 0) is 46.0 Å². The Balaban J connectivity index is 1.75. The maximum Gasteiger partial charge on any atom is 0.410 e. The number of likely N-dealkylation sites (tertiary alicyclic amines) is 1. The van der Waals surface area contributed by atoms with Crippen LogP contribution >= 0.6 is 15.9 Å². The molecule has 144 valence electrons. The van der Waals surface area contributed by atoms with E-state index in [0.717, 1.165) is 5.56 Å². The quantitative estimate of drug-likeness (QED) is 0.769. The fraction of sp³-hybridized carbons (Fsp3) is 0.350. The Bertz CT molecular complexity index is 789. The molecule has 0 spiro atoms. The highest BCUT2D eigenvalue weighted by Crippen LogP contribution is 2.26. The molecule has 1 fully saturated rings. The first-order valence-electron chi connectivity index (χ1n) is 8.73. The molecule has 1 saturated heterocycles. The molecule has 0 aliphatic carbocycles. The number of hydrogen-bond donors (Lipinski definition) is 2. The Morgan fingerprint density at radius 2 is 1.93 bits per heavy atom. The van der Waals surface area contributed by atoms with Crippen molar-refractivity contribution in [3.63, 3.8) is 0 Å². The number of amides is 1. The highest BCUT2D eigenvalue weighted by atomic mass is 79.9. The SMILES string of the molecule is O=C(OCc1ccccc1)N1CCC(O)C(O)C1Cc1cccc(Br)c1F. The zero-order chi connectivity index (χ0) is 19.4. The summed E-state index contributed by atoms with van der Waals surface area (Å²) in [7, 11) is 0. The third-order valence-electron chi connectivity index (χ3n) is 4.75. The molecule has 3 atom stereocenters. The topological polar surface area (TPSA) is 70.0 Å². The molecule has 1 amide bonds. The lowest BCUT2D eigenvalue weighted by atomic mass is 9.91. The summed E-state index contributed by atoms with van der Waals surface area (Å²) in [6.07, 6.45) is -2.43. The molecule has 1 heterocycles. The summed E-state index contributed by atoms with van der Waals surface area (Å²) >= 11 is 3.14. The molecule has 1 aliphatic rings. The van der Waals surface area contributed by atoms with Crippen LogP contribution in [0, 0.1) is 5.82 Å². The van der Waals surface area contributed by atoms with Crippen molar-refractivity contribution >= 4 is 22.0 Å². The predicted molar refractivity (Wildman–Crippen MR) is 102 cm³/mol. The summed E-state index contributed by atoms with van der Waals surface area (Å²) in [5, 5.41) is 20.5. The van der Waals surface area contributed by atoms with Crippen molar-refractivity contribution < 1.29 is 24.1 Å². The number of aliphatic hydroxyl groups excluding tert-OH is 2. The molecule has 7 heteroatoms. The zero-order valence-corrected chi connectivity index (χ0v) is 16.2. The highest BCUT2D eigenvalue weighted by Gasteiger charge is 2.39. The smallest absolute Gasteiger partial charge is 0.410 e. The van der Waals surface area contributed by atoms with E-state index in [9.17, 15) is 19.4 Å². The number of carbonyl (C=O) groups excluding carboxylic acids is 1. The van der Waals surface area contributed by atoms with Crippen LogP contribution in [0.25, 0.3) is 0 Å². The monoisotopic (exact) mass is 437 g/mol. The lowest BCUT2D eigenvalue weighted by Crippen LogP contribution is -2.57. The summed E-state index contributed by atoms with van der Waals surface area (Å²) in [4.78, 5) is 14.0. The van der Waals surface area contributed by atoms with Crippen molar-refractivity contribution in [2.24, 2.45) is 0 Å². The fourth-order valence-corrected chi connectivity index (χ4v) is 3.65. The molecule has 0 bridgehead atoms. The van der Waals surface area contributed by atoms with E-state index in [-0.39, 0.29) is 26.0 Å². The first kappa shape index (κ1) is 19.8. The van der Waals surface area contributed by atoms with Crippen molar-refractivity contribution in [3.8, 4) is 0 Å². The van der Waals surface area contributed by atoms with Crippen molar-refractivity contribution in [1.29, 1.82) is 0 Å². The lowest BCUT2D eigenvalue weighted by Gasteiger charge is -2.40. The standard InChI is InChI=1S/C20H21BrFNO4/c21-15-8-4-7-14(18(15)22)11-16-19(25)17(24)9-10-23(16)20(26)27-12-13-5-2-1-3-6-13/h1-8,16-17,19,24-25H,9-12H2. The van der Waals surface area contributed by atoms with E-state index in [1.807, 2.05) is 30.3 Å². The molecular weight excluding hydrogens is 417 g/mol. The van der Waals surface area contributed by atoms with E-state index in [4.69, 9.17) is 4.74 Å². The van der Waals surface area contributed by atoms with Gasteiger partial charge in [0.05, 0.1) is 16.6 Å². The average molecular weight is 438 g/mol. The Morgan fingerprint density at radius 3 is 2.67 bits per heavy atom. The number of aliphatic hydroxyl groups is 2. The number of nitrogens with zero attached hydrogens (tertiary/aromatic N) is 1. The van der Waals surface area contributed by atoms with Gasteiger partial charge in [0.2, 0.25) is 0 Å².